The zero-order valence-electron chi connectivity index (χ0n) is 9.40. The summed E-state index contributed by atoms with van der Waals surface area (Å²) in [5.41, 5.74) is 0. The number of rotatable bonds is 1. The first-order valence-electron chi connectivity index (χ1n) is 5.69. The molecule has 1 N–H and O–H groups in total. The fourth-order valence-electron chi connectivity index (χ4n) is 4.51. The van der Waals surface area contributed by atoms with Gasteiger partial charge in [-0.2, -0.15) is 0 Å². The Morgan fingerprint density at radius 1 is 0.857 bits per heavy atom. The van der Waals surface area contributed by atoms with E-state index in [-0.39, 0.29) is 5.92 Å². The number of hydrogen-bond acceptors (Lipinski definition) is 1. The van der Waals surface area contributed by atoms with Gasteiger partial charge in [0, 0.05) is 0 Å². The molecule has 0 heterocycles. The van der Waals surface area contributed by atoms with Gasteiger partial charge in [0.15, 0.2) is 0 Å². The summed E-state index contributed by atoms with van der Waals surface area (Å²) in [5.74, 6) is 2.68. The molecule has 0 aromatic rings. The fraction of sp³-hybridized carbons (Fsp3) is 0.917. The van der Waals surface area contributed by atoms with E-state index in [0.29, 0.717) is 35.5 Å². The third-order valence-corrected chi connectivity index (χ3v) is 5.13. The highest BCUT2D eigenvalue weighted by molar-refractivity contribution is 5.71. The third-order valence-electron chi connectivity index (χ3n) is 5.13. The molecule has 0 saturated heterocycles. The molecule has 2 rings (SSSR count). The van der Waals surface area contributed by atoms with Gasteiger partial charge in [-0.1, -0.05) is 27.7 Å². The molecule has 0 spiro atoms. The highest BCUT2D eigenvalue weighted by Gasteiger charge is 2.59. The van der Waals surface area contributed by atoms with Gasteiger partial charge in [0.25, 0.3) is 0 Å². The van der Waals surface area contributed by atoms with Crippen LogP contribution in [0.3, 0.4) is 0 Å². The average molecular weight is 196 g/mol. The Kier molecular flexibility index (Phi) is 2.13. The van der Waals surface area contributed by atoms with Crippen molar-refractivity contribution in [2.75, 3.05) is 0 Å². The highest BCUT2D eigenvalue weighted by atomic mass is 16.4. The molecule has 0 aromatic heterocycles. The lowest BCUT2D eigenvalue weighted by atomic mass is 9.70. The van der Waals surface area contributed by atoms with Crippen molar-refractivity contribution in [1.29, 1.82) is 0 Å². The van der Waals surface area contributed by atoms with Crippen molar-refractivity contribution in [3.05, 3.63) is 0 Å². The van der Waals surface area contributed by atoms with Crippen LogP contribution in [-0.2, 0) is 4.79 Å². The monoisotopic (exact) mass is 196 g/mol. The molecular weight excluding hydrogens is 176 g/mol. The molecule has 2 nitrogen and oxygen atoms in total. The molecule has 0 radical (unpaired) electrons. The first kappa shape index (κ1) is 10.0. The molecular formula is C12H20O2. The standard InChI is InChI=1S/C12H20O2/c1-5-6(2)10-7(3)9(5)8(4)11(10)12(13)14/h5-11H,1-4H3,(H,13,14)/t5-,6-,7?,8+,9?,10?,11+/m1/s1. The minimum atomic E-state index is -0.574. The Balaban J connectivity index is 2.32. The first-order chi connectivity index (χ1) is 6.46. The SMILES string of the molecule is CC1C2[C@@H](C(=O)O)[C@@H](C)C1[C@H](C)[C@H]2C. The number of carbonyl (C=O) groups is 1. The minimum Gasteiger partial charge on any atom is -0.481 e. The lowest BCUT2D eigenvalue weighted by Gasteiger charge is -2.34. The Morgan fingerprint density at radius 3 is 1.79 bits per heavy atom. The van der Waals surface area contributed by atoms with Crippen molar-refractivity contribution in [3.63, 3.8) is 0 Å². The number of fused-ring (bicyclic) bond motifs is 2. The summed E-state index contributed by atoms with van der Waals surface area (Å²) in [6.45, 7) is 8.89. The Morgan fingerprint density at radius 2 is 1.36 bits per heavy atom. The Bertz CT molecular complexity index is 261. The van der Waals surface area contributed by atoms with Crippen LogP contribution >= 0.6 is 0 Å². The quantitative estimate of drug-likeness (QED) is 0.699. The van der Waals surface area contributed by atoms with Crippen LogP contribution in [0.2, 0.25) is 0 Å². The molecule has 7 atom stereocenters. The second-order valence-electron chi connectivity index (χ2n) is 5.46. The summed E-state index contributed by atoms with van der Waals surface area (Å²) in [7, 11) is 0. The van der Waals surface area contributed by atoms with Crippen LogP contribution in [-0.4, -0.2) is 11.1 Å². The zero-order chi connectivity index (χ0) is 10.6. The summed E-state index contributed by atoms with van der Waals surface area (Å²) in [4.78, 5) is 11.2. The van der Waals surface area contributed by atoms with E-state index in [1.807, 2.05) is 0 Å². The summed E-state index contributed by atoms with van der Waals surface area (Å²) >= 11 is 0. The van der Waals surface area contributed by atoms with Crippen LogP contribution in [0, 0.1) is 41.4 Å². The normalized spacial score (nSPS) is 56.4. The lowest BCUT2D eigenvalue weighted by molar-refractivity contribution is -0.146. The number of hydrogen-bond donors (Lipinski definition) is 1. The number of carboxylic acids is 1. The predicted molar refractivity (Wildman–Crippen MR) is 54.8 cm³/mol. The van der Waals surface area contributed by atoms with Crippen molar-refractivity contribution in [2.45, 2.75) is 27.7 Å². The Hall–Kier alpha value is -0.530. The molecule has 2 fully saturated rings. The van der Waals surface area contributed by atoms with Crippen LogP contribution in [0.15, 0.2) is 0 Å². The zero-order valence-corrected chi connectivity index (χ0v) is 9.40. The molecule has 2 aliphatic carbocycles. The van der Waals surface area contributed by atoms with Crippen LogP contribution in [0.5, 0.6) is 0 Å². The minimum absolute atomic E-state index is 0.0822. The van der Waals surface area contributed by atoms with E-state index in [0.717, 1.165) is 0 Å². The van der Waals surface area contributed by atoms with E-state index in [2.05, 4.69) is 27.7 Å². The molecule has 0 aliphatic heterocycles. The summed E-state index contributed by atoms with van der Waals surface area (Å²) in [6.07, 6.45) is 0. The van der Waals surface area contributed by atoms with Gasteiger partial charge in [0.1, 0.15) is 0 Å². The molecule has 0 amide bonds. The van der Waals surface area contributed by atoms with Gasteiger partial charge in [0.05, 0.1) is 5.92 Å². The number of carboxylic acid groups (broad SMARTS) is 1. The van der Waals surface area contributed by atoms with Crippen LogP contribution in [0.25, 0.3) is 0 Å². The van der Waals surface area contributed by atoms with Gasteiger partial charge in [-0.25, -0.2) is 0 Å². The lowest BCUT2D eigenvalue weighted by Crippen LogP contribution is -2.35. The van der Waals surface area contributed by atoms with E-state index in [1.54, 1.807) is 0 Å². The topological polar surface area (TPSA) is 37.3 Å². The van der Waals surface area contributed by atoms with Crippen molar-refractivity contribution in [2.24, 2.45) is 41.4 Å². The molecule has 3 unspecified atom stereocenters. The van der Waals surface area contributed by atoms with Crippen molar-refractivity contribution in [3.8, 4) is 0 Å². The maximum absolute atomic E-state index is 11.2. The van der Waals surface area contributed by atoms with Crippen molar-refractivity contribution < 1.29 is 9.90 Å². The smallest absolute Gasteiger partial charge is 0.307 e. The van der Waals surface area contributed by atoms with Gasteiger partial charge in [-0.3, -0.25) is 4.79 Å². The molecule has 14 heavy (non-hydrogen) atoms. The summed E-state index contributed by atoms with van der Waals surface area (Å²) < 4.78 is 0. The van der Waals surface area contributed by atoms with Crippen LogP contribution < -0.4 is 0 Å². The van der Waals surface area contributed by atoms with Gasteiger partial charge in [-0.05, 0) is 35.5 Å². The van der Waals surface area contributed by atoms with Gasteiger partial charge in [-0.15, -0.1) is 0 Å². The van der Waals surface area contributed by atoms with E-state index in [1.165, 1.54) is 0 Å². The molecule has 2 saturated carbocycles. The first-order valence-corrected chi connectivity index (χ1v) is 5.69. The van der Waals surface area contributed by atoms with E-state index < -0.39 is 5.97 Å². The second kappa shape index (κ2) is 2.98. The highest BCUT2D eigenvalue weighted by Crippen LogP contribution is 2.61. The fourth-order valence-corrected chi connectivity index (χ4v) is 4.51. The van der Waals surface area contributed by atoms with Crippen LogP contribution in [0.4, 0.5) is 0 Å². The Labute approximate surface area is 85.7 Å². The van der Waals surface area contributed by atoms with E-state index in [9.17, 15) is 9.90 Å². The molecule has 0 aromatic carbocycles. The second-order valence-corrected chi connectivity index (χ2v) is 5.46. The largest absolute Gasteiger partial charge is 0.481 e. The summed E-state index contributed by atoms with van der Waals surface area (Å²) in [6, 6.07) is 0. The summed E-state index contributed by atoms with van der Waals surface area (Å²) in [5, 5.41) is 9.23. The predicted octanol–water partition coefficient (Wildman–Crippen LogP) is 2.49. The average Bonchev–Trinajstić information content (AvgIpc) is 2.44. The van der Waals surface area contributed by atoms with E-state index in [4.69, 9.17) is 0 Å². The molecule has 2 heteroatoms. The third kappa shape index (κ3) is 0.999. The van der Waals surface area contributed by atoms with Crippen LogP contribution in [0.1, 0.15) is 27.7 Å². The molecule has 2 aliphatic rings. The van der Waals surface area contributed by atoms with E-state index >= 15 is 0 Å². The van der Waals surface area contributed by atoms with Gasteiger partial charge < -0.3 is 5.11 Å². The maximum Gasteiger partial charge on any atom is 0.307 e. The van der Waals surface area contributed by atoms with Gasteiger partial charge >= 0.3 is 5.97 Å². The maximum atomic E-state index is 11.2. The van der Waals surface area contributed by atoms with Crippen molar-refractivity contribution in [1.82, 2.24) is 0 Å². The van der Waals surface area contributed by atoms with Gasteiger partial charge in [0.2, 0.25) is 0 Å². The van der Waals surface area contributed by atoms with Crippen molar-refractivity contribution >= 4 is 5.97 Å². The molecule has 80 valence electrons. The molecule has 2 bridgehead atoms. The number of aliphatic carboxylic acids is 1.